The van der Waals surface area contributed by atoms with Gasteiger partial charge in [-0.25, -0.2) is 9.97 Å². The molecule has 0 fully saturated rings. The molecule has 7 rings (SSSR count). The first-order valence-electron chi connectivity index (χ1n) is 11.2. The van der Waals surface area contributed by atoms with E-state index in [2.05, 4.69) is 28.8 Å². The lowest BCUT2D eigenvalue weighted by atomic mass is 10.1. The van der Waals surface area contributed by atoms with Gasteiger partial charge < -0.3 is 14.1 Å². The molecule has 4 aromatic carbocycles. The van der Waals surface area contributed by atoms with Gasteiger partial charge in [-0.3, -0.25) is 4.57 Å². The van der Waals surface area contributed by atoms with Crippen LogP contribution in [0.15, 0.2) is 101 Å². The molecule has 0 aliphatic heterocycles. The normalized spacial score (nSPS) is 11.6. The maximum atomic E-state index is 9.24. The van der Waals surface area contributed by atoms with E-state index < -0.39 is 0 Å². The minimum atomic E-state index is 0.403. The third-order valence-corrected chi connectivity index (χ3v) is 6.30. The van der Waals surface area contributed by atoms with Crippen LogP contribution in [0.2, 0.25) is 0 Å². The zero-order valence-corrected chi connectivity index (χ0v) is 18.4. The number of para-hydroxylation sites is 3. The van der Waals surface area contributed by atoms with E-state index in [1.54, 1.807) is 6.07 Å². The molecule has 3 aromatic heterocycles. The Bertz CT molecular complexity index is 1820. The van der Waals surface area contributed by atoms with Crippen molar-refractivity contribution in [3.05, 3.63) is 97.1 Å². The molecule has 0 unspecified atom stereocenters. The Labute approximate surface area is 200 Å². The second-order valence-corrected chi connectivity index (χ2v) is 8.24. The summed E-state index contributed by atoms with van der Waals surface area (Å²) in [5.74, 6) is 0.955. The Morgan fingerprint density at radius 2 is 1.34 bits per heavy atom. The number of nitrogens with zero attached hydrogens (tertiary/aromatic N) is 3. The van der Waals surface area contributed by atoms with Gasteiger partial charge in [0.25, 0.3) is 0 Å². The zero-order chi connectivity index (χ0) is 23.4. The Kier molecular flexibility index (Phi) is 4.37. The number of benzene rings is 4. The van der Waals surface area contributed by atoms with Crippen LogP contribution < -0.4 is 4.65 Å². The third-order valence-electron chi connectivity index (χ3n) is 6.30. The number of hydrogen-bond donors (Lipinski definition) is 1. The monoisotopic (exact) mass is 454 g/mol. The molecule has 0 aliphatic carbocycles. The van der Waals surface area contributed by atoms with Crippen LogP contribution in [0, 0.1) is 0 Å². The van der Waals surface area contributed by atoms with Crippen molar-refractivity contribution >= 4 is 51.6 Å². The van der Waals surface area contributed by atoms with Crippen LogP contribution in [0.25, 0.3) is 61.1 Å². The first-order valence-corrected chi connectivity index (χ1v) is 11.2. The van der Waals surface area contributed by atoms with Gasteiger partial charge in [-0.05, 0) is 24.3 Å². The topological polar surface area (TPSA) is 73.3 Å². The van der Waals surface area contributed by atoms with E-state index in [0.29, 0.717) is 41.8 Å². The van der Waals surface area contributed by atoms with Crippen molar-refractivity contribution in [2.45, 2.75) is 0 Å². The van der Waals surface area contributed by atoms with E-state index in [1.165, 1.54) is 0 Å². The van der Waals surface area contributed by atoms with E-state index >= 15 is 0 Å². The Morgan fingerprint density at radius 3 is 2.06 bits per heavy atom. The molecular weight excluding hydrogens is 437 g/mol. The van der Waals surface area contributed by atoms with Gasteiger partial charge in [-0.2, -0.15) is 0 Å². The van der Waals surface area contributed by atoms with Crippen LogP contribution >= 0.6 is 0 Å². The SMILES string of the molecule is O[B]Oc1cccc2c1oc1c(-c3ccccc3)nc(-n3c4ccccc4c4ccccc43)nc12. The van der Waals surface area contributed by atoms with Gasteiger partial charge in [0, 0.05) is 16.3 Å². The Balaban J connectivity index is 1.63. The summed E-state index contributed by atoms with van der Waals surface area (Å²) >= 11 is 0. The van der Waals surface area contributed by atoms with Gasteiger partial charge in [-0.1, -0.05) is 72.8 Å². The van der Waals surface area contributed by atoms with Crippen molar-refractivity contribution in [1.82, 2.24) is 14.5 Å². The van der Waals surface area contributed by atoms with Gasteiger partial charge >= 0.3 is 7.69 Å². The lowest BCUT2D eigenvalue weighted by molar-refractivity contribution is 0.451. The van der Waals surface area contributed by atoms with Crippen molar-refractivity contribution in [3.63, 3.8) is 0 Å². The molecule has 6 nitrogen and oxygen atoms in total. The van der Waals surface area contributed by atoms with Crippen LogP contribution in [0.1, 0.15) is 0 Å². The lowest BCUT2D eigenvalue weighted by Crippen LogP contribution is -2.02. The summed E-state index contributed by atoms with van der Waals surface area (Å²) < 4.78 is 13.7. The highest BCUT2D eigenvalue weighted by Gasteiger charge is 2.22. The molecule has 0 aliphatic rings. The second-order valence-electron chi connectivity index (χ2n) is 8.24. The molecule has 1 N–H and O–H groups in total. The van der Waals surface area contributed by atoms with Gasteiger partial charge in [0.1, 0.15) is 17.0 Å². The van der Waals surface area contributed by atoms with Crippen LogP contribution in [-0.2, 0) is 0 Å². The summed E-state index contributed by atoms with van der Waals surface area (Å²) in [5, 5.41) is 12.3. The molecule has 0 bridgehead atoms. The predicted octanol–water partition coefficient (Wildman–Crippen LogP) is 6.05. The Morgan fingerprint density at radius 1 is 0.686 bits per heavy atom. The summed E-state index contributed by atoms with van der Waals surface area (Å²) in [5.41, 5.74) is 5.38. The van der Waals surface area contributed by atoms with Crippen molar-refractivity contribution < 1.29 is 14.1 Å². The first-order chi connectivity index (χ1) is 17.3. The van der Waals surface area contributed by atoms with E-state index in [4.69, 9.17) is 19.0 Å². The molecule has 165 valence electrons. The van der Waals surface area contributed by atoms with Crippen LogP contribution in [-0.4, -0.2) is 27.2 Å². The first kappa shape index (κ1) is 19.8. The molecule has 7 aromatic rings. The van der Waals surface area contributed by atoms with Gasteiger partial charge in [0.2, 0.25) is 5.95 Å². The maximum absolute atomic E-state index is 9.24. The van der Waals surface area contributed by atoms with E-state index in [9.17, 15) is 5.02 Å². The molecular formula is C28H17BN3O3. The summed E-state index contributed by atoms with van der Waals surface area (Å²) in [7, 11) is 0.648. The maximum Gasteiger partial charge on any atom is 0.569 e. The highest BCUT2D eigenvalue weighted by molar-refractivity contribution is 6.18. The molecule has 35 heavy (non-hydrogen) atoms. The van der Waals surface area contributed by atoms with Crippen LogP contribution in [0.4, 0.5) is 0 Å². The van der Waals surface area contributed by atoms with E-state index in [0.717, 1.165) is 32.8 Å². The Hall–Kier alpha value is -4.62. The standard InChI is InChI=1S/C28H17BN3O3/c33-29-35-23-16-8-13-20-25-27(34-26(20)23)24(17-9-2-1-3-10-17)30-28(31-25)32-21-14-6-4-11-18(21)19-12-5-7-15-22(19)32/h1-16,33H. The molecule has 0 spiro atoms. The number of fused-ring (bicyclic) bond motifs is 6. The quantitative estimate of drug-likeness (QED) is 0.328. The number of rotatable bonds is 4. The fraction of sp³-hybridized carbons (Fsp3) is 0. The molecule has 1 radical (unpaired) electrons. The third kappa shape index (κ3) is 2.95. The van der Waals surface area contributed by atoms with Crippen molar-refractivity contribution in [3.8, 4) is 23.0 Å². The fourth-order valence-electron chi connectivity index (χ4n) is 4.81. The molecule has 0 saturated carbocycles. The molecule has 0 saturated heterocycles. The van der Waals surface area contributed by atoms with Crippen LogP contribution in [0.3, 0.4) is 0 Å². The highest BCUT2D eigenvalue weighted by atomic mass is 16.5. The lowest BCUT2D eigenvalue weighted by Gasteiger charge is -2.09. The predicted molar refractivity (Wildman–Crippen MR) is 138 cm³/mol. The minimum Gasteiger partial charge on any atom is -0.535 e. The average molecular weight is 454 g/mol. The van der Waals surface area contributed by atoms with Crippen molar-refractivity contribution in [1.29, 1.82) is 0 Å². The average Bonchev–Trinajstić information content (AvgIpc) is 3.45. The highest BCUT2D eigenvalue weighted by Crippen LogP contribution is 2.39. The summed E-state index contributed by atoms with van der Waals surface area (Å²) in [6.45, 7) is 0. The summed E-state index contributed by atoms with van der Waals surface area (Å²) in [6.07, 6.45) is 0. The van der Waals surface area contributed by atoms with Gasteiger partial charge in [0.05, 0.1) is 16.4 Å². The van der Waals surface area contributed by atoms with E-state index in [-0.39, 0.29) is 0 Å². The van der Waals surface area contributed by atoms with Crippen molar-refractivity contribution in [2.24, 2.45) is 0 Å². The number of furan rings is 1. The smallest absolute Gasteiger partial charge is 0.535 e. The molecule has 0 amide bonds. The van der Waals surface area contributed by atoms with E-state index in [1.807, 2.05) is 66.7 Å². The molecule has 0 atom stereocenters. The second kappa shape index (κ2) is 7.72. The summed E-state index contributed by atoms with van der Waals surface area (Å²) in [4.78, 5) is 10.1. The van der Waals surface area contributed by atoms with Crippen molar-refractivity contribution in [2.75, 3.05) is 0 Å². The minimum absolute atomic E-state index is 0.403. The number of hydrogen-bond acceptors (Lipinski definition) is 5. The largest absolute Gasteiger partial charge is 0.569 e. The van der Waals surface area contributed by atoms with Gasteiger partial charge in [0.15, 0.2) is 11.2 Å². The zero-order valence-electron chi connectivity index (χ0n) is 18.4. The fourth-order valence-corrected chi connectivity index (χ4v) is 4.81. The number of aromatic nitrogens is 3. The summed E-state index contributed by atoms with van der Waals surface area (Å²) in [6, 6.07) is 32.0. The van der Waals surface area contributed by atoms with Gasteiger partial charge in [-0.15, -0.1) is 0 Å². The molecule has 7 heteroatoms. The molecule has 3 heterocycles. The van der Waals surface area contributed by atoms with Crippen LogP contribution in [0.5, 0.6) is 5.75 Å².